The first-order chi connectivity index (χ1) is 8.68. The number of amides is 1. The molecule has 0 aliphatic heterocycles. The molecule has 1 fully saturated rings. The minimum atomic E-state index is 0.0503. The Bertz CT molecular complexity index is 389. The average Bonchev–Trinajstić information content (AvgIpc) is 2.40. The van der Waals surface area contributed by atoms with Crippen LogP contribution in [-0.4, -0.2) is 37.0 Å². The van der Waals surface area contributed by atoms with E-state index in [9.17, 15) is 4.79 Å². The SMILES string of the molecule is CN(C)[C@H]1CCCC[C@H]1NC(=O)c1ccccc1. The van der Waals surface area contributed by atoms with Crippen molar-refractivity contribution < 1.29 is 4.79 Å². The molecule has 18 heavy (non-hydrogen) atoms. The molecule has 1 N–H and O–H groups in total. The van der Waals surface area contributed by atoms with Crippen molar-refractivity contribution in [2.75, 3.05) is 14.1 Å². The fourth-order valence-corrected chi connectivity index (χ4v) is 2.74. The minimum Gasteiger partial charge on any atom is -0.348 e. The van der Waals surface area contributed by atoms with Crippen molar-refractivity contribution in [3.05, 3.63) is 35.9 Å². The molecule has 0 bridgehead atoms. The maximum atomic E-state index is 12.2. The second kappa shape index (κ2) is 6.01. The van der Waals surface area contributed by atoms with Crippen molar-refractivity contribution in [2.45, 2.75) is 37.8 Å². The van der Waals surface area contributed by atoms with E-state index in [-0.39, 0.29) is 11.9 Å². The Hall–Kier alpha value is -1.35. The van der Waals surface area contributed by atoms with E-state index in [4.69, 9.17) is 0 Å². The molecule has 2 atom stereocenters. The van der Waals surface area contributed by atoms with E-state index in [2.05, 4.69) is 24.3 Å². The van der Waals surface area contributed by atoms with Crippen molar-refractivity contribution in [3.8, 4) is 0 Å². The lowest BCUT2D eigenvalue weighted by atomic mass is 9.89. The summed E-state index contributed by atoms with van der Waals surface area (Å²) in [6.07, 6.45) is 4.73. The summed E-state index contributed by atoms with van der Waals surface area (Å²) in [5, 5.41) is 3.19. The fourth-order valence-electron chi connectivity index (χ4n) is 2.74. The monoisotopic (exact) mass is 246 g/mol. The predicted octanol–water partition coefficient (Wildman–Crippen LogP) is 2.29. The molecule has 1 amide bonds. The van der Waals surface area contributed by atoms with E-state index in [1.165, 1.54) is 19.3 Å². The minimum absolute atomic E-state index is 0.0503. The molecule has 98 valence electrons. The lowest BCUT2D eigenvalue weighted by Gasteiger charge is -2.36. The molecule has 1 aromatic rings. The average molecular weight is 246 g/mol. The highest BCUT2D eigenvalue weighted by Crippen LogP contribution is 2.22. The Kier molecular flexibility index (Phi) is 4.37. The summed E-state index contributed by atoms with van der Waals surface area (Å²) in [5.41, 5.74) is 0.751. The van der Waals surface area contributed by atoms with Crippen LogP contribution < -0.4 is 5.32 Å². The third kappa shape index (κ3) is 3.10. The van der Waals surface area contributed by atoms with E-state index < -0.39 is 0 Å². The van der Waals surface area contributed by atoms with E-state index >= 15 is 0 Å². The highest BCUT2D eigenvalue weighted by Gasteiger charge is 2.27. The summed E-state index contributed by atoms with van der Waals surface area (Å²) < 4.78 is 0. The molecular formula is C15H22N2O. The van der Waals surface area contributed by atoms with Gasteiger partial charge in [-0.3, -0.25) is 4.79 Å². The topological polar surface area (TPSA) is 32.3 Å². The number of benzene rings is 1. The largest absolute Gasteiger partial charge is 0.348 e. The van der Waals surface area contributed by atoms with E-state index in [0.29, 0.717) is 6.04 Å². The second-order valence-corrected chi connectivity index (χ2v) is 5.26. The summed E-state index contributed by atoms with van der Waals surface area (Å²) in [5.74, 6) is 0.0503. The molecule has 1 aliphatic rings. The highest BCUT2D eigenvalue weighted by atomic mass is 16.1. The molecule has 0 saturated heterocycles. The highest BCUT2D eigenvalue weighted by molar-refractivity contribution is 5.94. The van der Waals surface area contributed by atoms with Gasteiger partial charge < -0.3 is 10.2 Å². The van der Waals surface area contributed by atoms with Crippen LogP contribution in [0.15, 0.2) is 30.3 Å². The third-order valence-corrected chi connectivity index (χ3v) is 3.75. The second-order valence-electron chi connectivity index (χ2n) is 5.26. The zero-order valence-electron chi connectivity index (χ0n) is 11.2. The molecular weight excluding hydrogens is 224 g/mol. The summed E-state index contributed by atoms with van der Waals surface area (Å²) >= 11 is 0. The van der Waals surface area contributed by atoms with Crippen molar-refractivity contribution >= 4 is 5.91 Å². The van der Waals surface area contributed by atoms with Gasteiger partial charge in [0.2, 0.25) is 0 Å². The van der Waals surface area contributed by atoms with E-state index in [1.807, 2.05) is 30.3 Å². The third-order valence-electron chi connectivity index (χ3n) is 3.75. The Labute approximate surface area is 109 Å². The molecule has 0 heterocycles. The number of likely N-dealkylation sites (N-methyl/N-ethyl adjacent to an activating group) is 1. The van der Waals surface area contributed by atoms with Crippen LogP contribution in [0.1, 0.15) is 36.0 Å². The lowest BCUT2D eigenvalue weighted by Crippen LogP contribution is -2.51. The van der Waals surface area contributed by atoms with Gasteiger partial charge in [0.25, 0.3) is 5.91 Å². The smallest absolute Gasteiger partial charge is 0.251 e. The number of carbonyl (C=O) groups excluding carboxylic acids is 1. The summed E-state index contributed by atoms with van der Waals surface area (Å²) in [7, 11) is 4.19. The van der Waals surface area contributed by atoms with Gasteiger partial charge in [0.1, 0.15) is 0 Å². The number of carbonyl (C=O) groups is 1. The molecule has 1 saturated carbocycles. The molecule has 0 aromatic heterocycles. The zero-order chi connectivity index (χ0) is 13.0. The number of nitrogens with zero attached hydrogens (tertiary/aromatic N) is 1. The van der Waals surface area contributed by atoms with Gasteiger partial charge in [0.15, 0.2) is 0 Å². The molecule has 1 aliphatic carbocycles. The van der Waals surface area contributed by atoms with Crippen LogP contribution in [0.25, 0.3) is 0 Å². The normalized spacial score (nSPS) is 23.9. The molecule has 0 spiro atoms. The molecule has 1 aromatic carbocycles. The summed E-state index contributed by atoms with van der Waals surface area (Å²) in [6, 6.07) is 10.2. The van der Waals surface area contributed by atoms with Crippen LogP contribution in [0.5, 0.6) is 0 Å². The van der Waals surface area contributed by atoms with Crippen LogP contribution in [0.3, 0.4) is 0 Å². The molecule has 3 heteroatoms. The van der Waals surface area contributed by atoms with Gasteiger partial charge in [-0.1, -0.05) is 31.0 Å². The van der Waals surface area contributed by atoms with E-state index in [0.717, 1.165) is 12.0 Å². The quantitative estimate of drug-likeness (QED) is 0.887. The summed E-state index contributed by atoms with van der Waals surface area (Å²) in [6.45, 7) is 0. The van der Waals surface area contributed by atoms with Gasteiger partial charge in [0, 0.05) is 17.6 Å². The number of hydrogen-bond acceptors (Lipinski definition) is 2. The first-order valence-corrected chi connectivity index (χ1v) is 6.71. The summed E-state index contributed by atoms with van der Waals surface area (Å²) in [4.78, 5) is 14.4. The van der Waals surface area contributed by atoms with Crippen LogP contribution >= 0.6 is 0 Å². The van der Waals surface area contributed by atoms with Crippen molar-refractivity contribution in [1.82, 2.24) is 10.2 Å². The Morgan fingerprint density at radius 2 is 1.83 bits per heavy atom. The van der Waals surface area contributed by atoms with E-state index in [1.54, 1.807) is 0 Å². The number of nitrogens with one attached hydrogen (secondary N) is 1. The number of rotatable bonds is 3. The molecule has 2 rings (SSSR count). The van der Waals surface area contributed by atoms with Crippen molar-refractivity contribution in [1.29, 1.82) is 0 Å². The van der Waals surface area contributed by atoms with Gasteiger partial charge in [-0.25, -0.2) is 0 Å². The zero-order valence-corrected chi connectivity index (χ0v) is 11.2. The first-order valence-electron chi connectivity index (χ1n) is 6.71. The molecule has 0 unspecified atom stereocenters. The van der Waals surface area contributed by atoms with Crippen LogP contribution in [-0.2, 0) is 0 Å². The first kappa shape index (κ1) is 13.1. The van der Waals surface area contributed by atoms with Gasteiger partial charge in [0.05, 0.1) is 0 Å². The van der Waals surface area contributed by atoms with Crippen LogP contribution in [0, 0.1) is 0 Å². The van der Waals surface area contributed by atoms with Crippen molar-refractivity contribution in [2.24, 2.45) is 0 Å². The van der Waals surface area contributed by atoms with Crippen molar-refractivity contribution in [3.63, 3.8) is 0 Å². The molecule has 0 radical (unpaired) electrons. The Morgan fingerprint density at radius 3 is 2.50 bits per heavy atom. The Morgan fingerprint density at radius 1 is 1.17 bits per heavy atom. The predicted molar refractivity (Wildman–Crippen MR) is 73.6 cm³/mol. The van der Waals surface area contributed by atoms with Gasteiger partial charge in [-0.2, -0.15) is 0 Å². The van der Waals surface area contributed by atoms with Gasteiger partial charge >= 0.3 is 0 Å². The maximum absolute atomic E-state index is 12.2. The van der Waals surface area contributed by atoms with Crippen LogP contribution in [0.2, 0.25) is 0 Å². The fraction of sp³-hybridized carbons (Fsp3) is 0.533. The molecule has 3 nitrogen and oxygen atoms in total. The Balaban J connectivity index is 2.01. The van der Waals surface area contributed by atoms with Crippen LogP contribution in [0.4, 0.5) is 0 Å². The number of hydrogen-bond donors (Lipinski definition) is 1. The van der Waals surface area contributed by atoms with Gasteiger partial charge in [-0.05, 0) is 39.1 Å². The maximum Gasteiger partial charge on any atom is 0.251 e. The van der Waals surface area contributed by atoms with Gasteiger partial charge in [-0.15, -0.1) is 0 Å². The lowest BCUT2D eigenvalue weighted by molar-refractivity contribution is 0.0883. The standard InChI is InChI=1S/C15H22N2O/c1-17(2)14-11-7-6-10-13(14)16-15(18)12-8-4-3-5-9-12/h3-5,8-9,13-14H,6-7,10-11H2,1-2H3,(H,16,18)/t13-,14+/m1/s1.